The lowest BCUT2D eigenvalue weighted by Crippen LogP contribution is -1.97. The second-order valence-corrected chi connectivity index (χ2v) is 5.54. The molecule has 0 bridgehead atoms. The van der Waals surface area contributed by atoms with Gasteiger partial charge in [-0.15, -0.1) is 0 Å². The number of hydrogen-bond donors (Lipinski definition) is 0. The van der Waals surface area contributed by atoms with E-state index in [4.69, 9.17) is 0 Å². The van der Waals surface area contributed by atoms with E-state index in [2.05, 4.69) is 61.4 Å². The SMILES string of the molecule is Cc1ccc(C)n1-c1nc2ncc(Br)nc2s1. The first kappa shape index (κ1) is 10.9. The van der Waals surface area contributed by atoms with E-state index in [0.717, 1.165) is 14.6 Å². The van der Waals surface area contributed by atoms with Crippen LogP contribution in [0.15, 0.2) is 22.9 Å². The van der Waals surface area contributed by atoms with Crippen molar-refractivity contribution in [1.82, 2.24) is 19.5 Å². The number of nitrogens with zero attached hydrogens (tertiary/aromatic N) is 4. The van der Waals surface area contributed by atoms with Gasteiger partial charge in [0, 0.05) is 11.4 Å². The van der Waals surface area contributed by atoms with Crippen LogP contribution in [0.1, 0.15) is 11.4 Å². The fourth-order valence-electron chi connectivity index (χ4n) is 1.76. The highest BCUT2D eigenvalue weighted by molar-refractivity contribution is 9.10. The maximum Gasteiger partial charge on any atom is 0.198 e. The van der Waals surface area contributed by atoms with Crippen LogP contribution in [0.25, 0.3) is 15.6 Å². The van der Waals surface area contributed by atoms with E-state index in [1.807, 2.05) is 0 Å². The number of fused-ring (bicyclic) bond motifs is 1. The lowest BCUT2D eigenvalue weighted by molar-refractivity contribution is 0.952. The average molecular weight is 309 g/mol. The Morgan fingerprint density at radius 2 is 1.88 bits per heavy atom. The molecule has 0 radical (unpaired) electrons. The number of halogens is 1. The zero-order chi connectivity index (χ0) is 12.0. The summed E-state index contributed by atoms with van der Waals surface area (Å²) in [7, 11) is 0. The van der Waals surface area contributed by atoms with Gasteiger partial charge in [0.25, 0.3) is 0 Å². The third-order valence-corrected chi connectivity index (χ3v) is 3.85. The fourth-order valence-corrected chi connectivity index (χ4v) is 3.17. The van der Waals surface area contributed by atoms with E-state index in [1.165, 1.54) is 11.4 Å². The molecular weight excluding hydrogens is 300 g/mol. The fraction of sp³-hybridized carbons (Fsp3) is 0.182. The first-order valence-corrected chi connectivity index (χ1v) is 6.70. The van der Waals surface area contributed by atoms with Gasteiger partial charge in [0.05, 0.1) is 6.20 Å². The zero-order valence-electron chi connectivity index (χ0n) is 9.31. The van der Waals surface area contributed by atoms with Crippen LogP contribution in [0.3, 0.4) is 0 Å². The number of aromatic nitrogens is 4. The Balaban J connectivity index is 2.25. The van der Waals surface area contributed by atoms with Crippen molar-refractivity contribution in [2.75, 3.05) is 0 Å². The molecule has 86 valence electrons. The number of rotatable bonds is 1. The lowest BCUT2D eigenvalue weighted by atomic mass is 10.5. The quantitative estimate of drug-likeness (QED) is 0.693. The van der Waals surface area contributed by atoms with Gasteiger partial charge < -0.3 is 0 Å². The van der Waals surface area contributed by atoms with E-state index >= 15 is 0 Å². The predicted octanol–water partition coefficient (Wildman–Crippen LogP) is 3.26. The molecule has 0 spiro atoms. The monoisotopic (exact) mass is 308 g/mol. The van der Waals surface area contributed by atoms with Crippen LogP contribution < -0.4 is 0 Å². The second kappa shape index (κ2) is 3.89. The molecule has 0 aliphatic rings. The van der Waals surface area contributed by atoms with Gasteiger partial charge in [-0.2, -0.15) is 4.98 Å². The molecule has 3 rings (SSSR count). The average Bonchev–Trinajstić information content (AvgIpc) is 2.81. The van der Waals surface area contributed by atoms with Crippen LogP contribution in [0.5, 0.6) is 0 Å². The van der Waals surface area contributed by atoms with Gasteiger partial charge in [-0.3, -0.25) is 4.57 Å². The Labute approximate surface area is 110 Å². The van der Waals surface area contributed by atoms with E-state index in [-0.39, 0.29) is 0 Å². The molecule has 4 nitrogen and oxygen atoms in total. The smallest absolute Gasteiger partial charge is 0.198 e. The van der Waals surface area contributed by atoms with Crippen molar-refractivity contribution >= 4 is 37.7 Å². The molecular formula is C11H9BrN4S. The van der Waals surface area contributed by atoms with Gasteiger partial charge in [0.2, 0.25) is 0 Å². The van der Waals surface area contributed by atoms with Crippen molar-refractivity contribution in [3.05, 3.63) is 34.3 Å². The van der Waals surface area contributed by atoms with Gasteiger partial charge in [-0.25, -0.2) is 9.97 Å². The van der Waals surface area contributed by atoms with Crippen LogP contribution in [0.2, 0.25) is 0 Å². The van der Waals surface area contributed by atoms with Crippen molar-refractivity contribution in [2.45, 2.75) is 13.8 Å². The summed E-state index contributed by atoms with van der Waals surface area (Å²) in [5.41, 5.74) is 3.03. The molecule has 17 heavy (non-hydrogen) atoms. The maximum atomic E-state index is 4.50. The molecule has 3 heterocycles. The summed E-state index contributed by atoms with van der Waals surface area (Å²) in [5.74, 6) is 0. The Kier molecular flexibility index (Phi) is 2.48. The van der Waals surface area contributed by atoms with Crippen LogP contribution in [-0.2, 0) is 0 Å². The summed E-state index contributed by atoms with van der Waals surface area (Å²) < 4.78 is 2.85. The standard InChI is InChI=1S/C11H9BrN4S/c1-6-3-4-7(2)16(6)11-15-9-10(17-11)14-8(12)5-13-9/h3-5H,1-2H3. The van der Waals surface area contributed by atoms with E-state index in [9.17, 15) is 0 Å². The van der Waals surface area contributed by atoms with E-state index < -0.39 is 0 Å². The topological polar surface area (TPSA) is 43.6 Å². The number of thiazole rings is 1. The minimum absolute atomic E-state index is 0.695. The minimum Gasteiger partial charge on any atom is -0.295 e. The number of hydrogen-bond acceptors (Lipinski definition) is 4. The van der Waals surface area contributed by atoms with E-state index in [1.54, 1.807) is 17.5 Å². The van der Waals surface area contributed by atoms with Crippen molar-refractivity contribution in [2.24, 2.45) is 0 Å². The van der Waals surface area contributed by atoms with Gasteiger partial charge >= 0.3 is 0 Å². The van der Waals surface area contributed by atoms with Crippen molar-refractivity contribution in [1.29, 1.82) is 0 Å². The van der Waals surface area contributed by atoms with Gasteiger partial charge in [-0.1, -0.05) is 11.3 Å². The first-order chi connectivity index (χ1) is 8.15. The van der Waals surface area contributed by atoms with Crippen LogP contribution in [0, 0.1) is 13.8 Å². The summed E-state index contributed by atoms with van der Waals surface area (Å²) in [6, 6.07) is 4.16. The van der Waals surface area contributed by atoms with Crippen molar-refractivity contribution in [3.8, 4) is 5.13 Å². The van der Waals surface area contributed by atoms with Gasteiger partial charge in [-0.05, 0) is 41.9 Å². The molecule has 0 saturated heterocycles. The van der Waals surface area contributed by atoms with Crippen molar-refractivity contribution < 1.29 is 0 Å². The highest BCUT2D eigenvalue weighted by Crippen LogP contribution is 2.25. The third-order valence-electron chi connectivity index (χ3n) is 2.54. The molecule has 0 aliphatic heterocycles. The molecule has 0 unspecified atom stereocenters. The summed E-state index contributed by atoms with van der Waals surface area (Å²) in [6.07, 6.45) is 1.67. The summed E-state index contributed by atoms with van der Waals surface area (Å²) in [5, 5.41) is 0.915. The predicted molar refractivity (Wildman–Crippen MR) is 71.7 cm³/mol. The molecule has 0 N–H and O–H groups in total. The van der Waals surface area contributed by atoms with E-state index in [0.29, 0.717) is 5.65 Å². The molecule has 0 aliphatic carbocycles. The Morgan fingerprint density at radius 3 is 2.59 bits per heavy atom. The molecule has 6 heteroatoms. The second-order valence-electron chi connectivity index (χ2n) is 3.77. The Bertz CT molecular complexity index is 681. The van der Waals surface area contributed by atoms with Crippen LogP contribution >= 0.6 is 27.3 Å². The maximum absolute atomic E-state index is 4.50. The van der Waals surface area contributed by atoms with Gasteiger partial charge in [0.1, 0.15) is 4.60 Å². The minimum atomic E-state index is 0.695. The third kappa shape index (κ3) is 1.77. The summed E-state index contributed by atoms with van der Waals surface area (Å²) >= 11 is 4.86. The highest BCUT2D eigenvalue weighted by atomic mass is 79.9. The highest BCUT2D eigenvalue weighted by Gasteiger charge is 2.11. The molecule has 0 saturated carbocycles. The molecule has 0 amide bonds. The normalized spacial score (nSPS) is 11.2. The Hall–Kier alpha value is -1.27. The molecule has 0 atom stereocenters. The molecule has 3 aromatic heterocycles. The van der Waals surface area contributed by atoms with Crippen molar-refractivity contribution in [3.63, 3.8) is 0 Å². The van der Waals surface area contributed by atoms with Crippen LogP contribution in [-0.4, -0.2) is 19.5 Å². The molecule has 0 aromatic carbocycles. The zero-order valence-corrected chi connectivity index (χ0v) is 11.7. The summed E-state index contributed by atoms with van der Waals surface area (Å²) in [6.45, 7) is 4.13. The molecule has 3 aromatic rings. The molecule has 0 fully saturated rings. The first-order valence-electron chi connectivity index (χ1n) is 5.09. The number of aryl methyl sites for hydroxylation is 2. The largest absolute Gasteiger partial charge is 0.295 e. The van der Waals surface area contributed by atoms with Gasteiger partial charge in [0.15, 0.2) is 15.6 Å². The van der Waals surface area contributed by atoms with Crippen LogP contribution in [0.4, 0.5) is 0 Å². The lowest BCUT2D eigenvalue weighted by Gasteiger charge is -2.02. The summed E-state index contributed by atoms with van der Waals surface area (Å²) in [4.78, 5) is 14.0. The Morgan fingerprint density at radius 1 is 1.18 bits per heavy atom.